The first kappa shape index (κ1) is 18.4. The van der Waals surface area contributed by atoms with E-state index in [0.29, 0.717) is 11.6 Å². The van der Waals surface area contributed by atoms with Gasteiger partial charge in [0, 0.05) is 5.69 Å². The van der Waals surface area contributed by atoms with Gasteiger partial charge in [0.25, 0.3) is 0 Å². The Balaban J connectivity index is 1.92. The highest BCUT2D eigenvalue weighted by Crippen LogP contribution is 2.16. The third-order valence-corrected chi connectivity index (χ3v) is 3.83. The largest absolute Gasteiger partial charge is 0.329 e. The molecule has 0 radical (unpaired) electrons. The van der Waals surface area contributed by atoms with E-state index in [1.165, 1.54) is 11.8 Å². The zero-order chi connectivity index (χ0) is 18.4. The molecule has 5 heteroatoms. The quantitative estimate of drug-likeness (QED) is 0.509. The highest BCUT2D eigenvalue weighted by Gasteiger charge is 2.13. The van der Waals surface area contributed by atoms with Gasteiger partial charge in [0.15, 0.2) is 0 Å². The molecule has 2 amide bonds. The molecule has 0 aliphatic rings. The van der Waals surface area contributed by atoms with Gasteiger partial charge in [-0.05, 0) is 48.1 Å². The monoisotopic (exact) mass is 337 g/mol. The number of benzene rings is 2. The molecule has 5 nitrogen and oxygen atoms in total. The van der Waals surface area contributed by atoms with Crippen LogP contribution < -0.4 is 10.7 Å². The number of carbonyl (C=O) groups excluding carboxylic acids is 2. The molecule has 0 bridgehead atoms. The van der Waals surface area contributed by atoms with E-state index in [1.807, 2.05) is 56.3 Å². The third kappa shape index (κ3) is 5.28. The summed E-state index contributed by atoms with van der Waals surface area (Å²) >= 11 is 0. The highest BCUT2D eigenvalue weighted by atomic mass is 16.2. The Hall–Kier alpha value is -2.95. The number of aryl methyl sites for hydroxylation is 2. The number of carbonyl (C=O) groups is 2. The van der Waals surface area contributed by atoms with Crippen molar-refractivity contribution in [2.75, 3.05) is 5.32 Å². The normalized spacial score (nSPS) is 10.9. The summed E-state index contributed by atoms with van der Waals surface area (Å²) in [4.78, 5) is 23.8. The molecule has 0 fully saturated rings. The molecule has 0 aromatic heterocycles. The minimum absolute atomic E-state index is 0.458. The van der Waals surface area contributed by atoms with Crippen molar-refractivity contribution in [3.63, 3.8) is 0 Å². The molecule has 0 heterocycles. The number of hydrazone groups is 1. The van der Waals surface area contributed by atoms with Gasteiger partial charge >= 0.3 is 11.8 Å². The lowest BCUT2D eigenvalue weighted by Crippen LogP contribution is -2.32. The summed E-state index contributed by atoms with van der Waals surface area (Å²) in [5, 5.41) is 6.43. The van der Waals surface area contributed by atoms with E-state index < -0.39 is 11.8 Å². The first-order valence-electron chi connectivity index (χ1n) is 8.18. The number of rotatable bonds is 4. The number of amides is 2. The molecule has 2 aromatic rings. The lowest BCUT2D eigenvalue weighted by molar-refractivity contribution is -0.136. The van der Waals surface area contributed by atoms with Gasteiger partial charge in [0.1, 0.15) is 0 Å². The summed E-state index contributed by atoms with van der Waals surface area (Å²) in [6.07, 6.45) is 1.51. The molecular weight excluding hydrogens is 314 g/mol. The van der Waals surface area contributed by atoms with Gasteiger partial charge in [-0.1, -0.05) is 50.2 Å². The van der Waals surface area contributed by atoms with Crippen molar-refractivity contribution in [3.05, 3.63) is 64.7 Å². The molecule has 0 spiro atoms. The topological polar surface area (TPSA) is 70.6 Å². The molecule has 0 unspecified atom stereocenters. The molecule has 2 aromatic carbocycles. The van der Waals surface area contributed by atoms with Gasteiger partial charge in [-0.25, -0.2) is 5.43 Å². The first-order chi connectivity index (χ1) is 11.9. The van der Waals surface area contributed by atoms with Crippen LogP contribution >= 0.6 is 0 Å². The lowest BCUT2D eigenvalue weighted by Gasteiger charge is -2.08. The third-order valence-electron chi connectivity index (χ3n) is 3.83. The van der Waals surface area contributed by atoms with E-state index >= 15 is 0 Å². The van der Waals surface area contributed by atoms with Crippen molar-refractivity contribution in [1.29, 1.82) is 0 Å². The van der Waals surface area contributed by atoms with Crippen LogP contribution in [-0.4, -0.2) is 18.0 Å². The predicted molar refractivity (Wildman–Crippen MR) is 101 cm³/mol. The molecule has 2 N–H and O–H groups in total. The van der Waals surface area contributed by atoms with Crippen molar-refractivity contribution >= 4 is 23.7 Å². The van der Waals surface area contributed by atoms with E-state index in [-0.39, 0.29) is 0 Å². The number of nitrogens with one attached hydrogen (secondary N) is 2. The van der Waals surface area contributed by atoms with Crippen molar-refractivity contribution in [3.8, 4) is 0 Å². The van der Waals surface area contributed by atoms with Gasteiger partial charge in [0.2, 0.25) is 0 Å². The van der Waals surface area contributed by atoms with Gasteiger partial charge in [-0.3, -0.25) is 9.59 Å². The van der Waals surface area contributed by atoms with Gasteiger partial charge in [0.05, 0.1) is 6.21 Å². The molecule has 2 rings (SSSR count). The summed E-state index contributed by atoms with van der Waals surface area (Å²) in [6, 6.07) is 13.5. The zero-order valence-corrected chi connectivity index (χ0v) is 15.0. The Morgan fingerprint density at radius 2 is 1.68 bits per heavy atom. The summed E-state index contributed by atoms with van der Waals surface area (Å²) < 4.78 is 0. The van der Waals surface area contributed by atoms with Crippen LogP contribution in [0.3, 0.4) is 0 Å². The number of nitrogens with zero attached hydrogens (tertiary/aromatic N) is 1. The maximum absolute atomic E-state index is 11.9. The average Bonchev–Trinajstić information content (AvgIpc) is 2.58. The molecule has 0 aliphatic heterocycles. The standard InChI is InChI=1S/C20H23N3O2/c1-13(2)17-9-7-16(8-10-17)12-21-23-20(25)19(24)22-18-11-14(3)5-6-15(18)4/h5-13H,1-4H3,(H,22,24)(H,23,25)/b21-12-. The second kappa shape index (κ2) is 8.24. The van der Waals surface area contributed by atoms with Gasteiger partial charge < -0.3 is 5.32 Å². The van der Waals surface area contributed by atoms with Crippen LogP contribution in [0.1, 0.15) is 42.0 Å². The van der Waals surface area contributed by atoms with Gasteiger partial charge in [-0.2, -0.15) is 5.10 Å². The number of hydrogen-bond acceptors (Lipinski definition) is 3. The van der Waals surface area contributed by atoms with Crippen molar-refractivity contribution in [1.82, 2.24) is 5.43 Å². The zero-order valence-electron chi connectivity index (χ0n) is 15.0. The van der Waals surface area contributed by atoms with Crippen molar-refractivity contribution in [2.45, 2.75) is 33.6 Å². The highest BCUT2D eigenvalue weighted by molar-refractivity contribution is 6.39. The fourth-order valence-corrected chi connectivity index (χ4v) is 2.23. The number of hydrogen-bond donors (Lipinski definition) is 2. The molecule has 0 aliphatic carbocycles. The predicted octanol–water partition coefficient (Wildman–Crippen LogP) is 3.52. The maximum Gasteiger partial charge on any atom is 0.329 e. The molecular formula is C20H23N3O2. The fraction of sp³-hybridized carbons (Fsp3) is 0.250. The van der Waals surface area contributed by atoms with Crippen LogP contribution in [0.25, 0.3) is 0 Å². The lowest BCUT2D eigenvalue weighted by atomic mass is 10.0. The van der Waals surface area contributed by atoms with Crippen LogP contribution in [0.4, 0.5) is 5.69 Å². The summed E-state index contributed by atoms with van der Waals surface area (Å²) in [6.45, 7) is 8.03. The molecule has 0 saturated heterocycles. The van der Waals surface area contributed by atoms with E-state index in [2.05, 4.69) is 29.7 Å². The Bertz CT molecular complexity index is 793. The van der Waals surface area contributed by atoms with E-state index in [9.17, 15) is 9.59 Å². The smallest absolute Gasteiger partial charge is 0.317 e. The number of anilines is 1. The van der Waals surface area contributed by atoms with Crippen LogP contribution in [0.15, 0.2) is 47.6 Å². The Labute approximate surface area is 148 Å². The minimum atomic E-state index is -0.809. The van der Waals surface area contributed by atoms with Crippen LogP contribution in [0, 0.1) is 13.8 Å². The molecule has 25 heavy (non-hydrogen) atoms. The summed E-state index contributed by atoms with van der Waals surface area (Å²) in [7, 11) is 0. The van der Waals surface area contributed by atoms with Crippen molar-refractivity contribution in [2.24, 2.45) is 5.10 Å². The van der Waals surface area contributed by atoms with Crippen LogP contribution in [0.2, 0.25) is 0 Å². The van der Waals surface area contributed by atoms with Crippen LogP contribution in [0.5, 0.6) is 0 Å². The van der Waals surface area contributed by atoms with Crippen LogP contribution in [-0.2, 0) is 9.59 Å². The molecule has 0 saturated carbocycles. The minimum Gasteiger partial charge on any atom is -0.317 e. The van der Waals surface area contributed by atoms with Crippen molar-refractivity contribution < 1.29 is 9.59 Å². The second-order valence-corrected chi connectivity index (χ2v) is 6.29. The first-order valence-corrected chi connectivity index (χ1v) is 8.18. The van der Waals surface area contributed by atoms with E-state index in [0.717, 1.165) is 16.7 Å². The average molecular weight is 337 g/mol. The Morgan fingerprint density at radius 3 is 2.32 bits per heavy atom. The molecule has 130 valence electrons. The maximum atomic E-state index is 11.9. The Morgan fingerprint density at radius 1 is 1.00 bits per heavy atom. The summed E-state index contributed by atoms with van der Waals surface area (Å²) in [5.74, 6) is -1.10. The van der Waals surface area contributed by atoms with E-state index in [4.69, 9.17) is 0 Å². The van der Waals surface area contributed by atoms with E-state index in [1.54, 1.807) is 0 Å². The Kier molecular flexibility index (Phi) is 6.06. The summed E-state index contributed by atoms with van der Waals surface area (Å²) in [5.41, 5.74) is 6.83. The fourth-order valence-electron chi connectivity index (χ4n) is 2.23. The second-order valence-electron chi connectivity index (χ2n) is 6.29. The SMILES string of the molecule is Cc1ccc(C)c(NC(=O)C(=O)N/N=C\c2ccc(C(C)C)cc2)c1. The van der Waals surface area contributed by atoms with Gasteiger partial charge in [-0.15, -0.1) is 0 Å². The molecule has 0 atom stereocenters.